The zero-order valence-electron chi connectivity index (χ0n) is 17.8. The van der Waals surface area contributed by atoms with Crippen molar-refractivity contribution in [2.24, 2.45) is 0 Å². The minimum Gasteiger partial charge on any atom is -0.359 e. The van der Waals surface area contributed by atoms with Gasteiger partial charge in [0.1, 0.15) is 6.79 Å². The number of rotatable bonds is 5. The van der Waals surface area contributed by atoms with Crippen LogP contribution in [0.5, 0.6) is 0 Å². The SMILES string of the molecule is COCOC1(C)CCC(n2ncc3c2C[C@H](C)c2c([C@@H](C)C(F)(F)F)noc2-3)CC1. The van der Waals surface area contributed by atoms with Gasteiger partial charge in [-0.25, -0.2) is 0 Å². The normalized spacial score (nSPS) is 27.6. The van der Waals surface area contributed by atoms with E-state index in [4.69, 9.17) is 14.0 Å². The molecule has 9 heteroatoms. The summed E-state index contributed by atoms with van der Waals surface area (Å²) in [5.41, 5.74) is 2.14. The van der Waals surface area contributed by atoms with E-state index in [1.807, 2.05) is 11.6 Å². The Bertz CT molecular complexity index is 897. The molecule has 0 bridgehead atoms. The topological polar surface area (TPSA) is 62.3 Å². The Morgan fingerprint density at radius 2 is 2.03 bits per heavy atom. The van der Waals surface area contributed by atoms with Crippen LogP contribution >= 0.6 is 0 Å². The van der Waals surface area contributed by atoms with Gasteiger partial charge in [-0.3, -0.25) is 4.68 Å². The summed E-state index contributed by atoms with van der Waals surface area (Å²) in [5, 5.41) is 8.43. The van der Waals surface area contributed by atoms with Gasteiger partial charge < -0.3 is 14.0 Å². The number of ether oxygens (including phenoxy) is 2. The van der Waals surface area contributed by atoms with Crippen LogP contribution in [0.1, 0.15) is 81.3 Å². The molecule has 4 rings (SSSR count). The molecule has 0 N–H and O–H groups in total. The van der Waals surface area contributed by atoms with E-state index in [9.17, 15) is 13.2 Å². The second-order valence-electron chi connectivity index (χ2n) is 8.86. The predicted octanol–water partition coefficient (Wildman–Crippen LogP) is 5.36. The zero-order valence-corrected chi connectivity index (χ0v) is 17.8. The molecule has 2 aliphatic carbocycles. The van der Waals surface area contributed by atoms with Gasteiger partial charge in [-0.1, -0.05) is 12.1 Å². The van der Waals surface area contributed by atoms with Crippen molar-refractivity contribution < 1.29 is 27.2 Å². The largest absolute Gasteiger partial charge is 0.397 e. The Balaban J connectivity index is 1.59. The van der Waals surface area contributed by atoms with Crippen LogP contribution in [0.2, 0.25) is 0 Å². The van der Waals surface area contributed by atoms with Gasteiger partial charge in [0.25, 0.3) is 0 Å². The summed E-state index contributed by atoms with van der Waals surface area (Å²) in [4.78, 5) is 0. The summed E-state index contributed by atoms with van der Waals surface area (Å²) < 4.78 is 58.2. The molecule has 2 atom stereocenters. The van der Waals surface area contributed by atoms with Crippen LogP contribution in [0, 0.1) is 0 Å². The average molecular weight is 427 g/mol. The van der Waals surface area contributed by atoms with Crippen molar-refractivity contribution >= 4 is 0 Å². The number of alkyl halides is 3. The molecule has 2 aromatic rings. The Labute approximate surface area is 173 Å². The minimum absolute atomic E-state index is 0.00729. The van der Waals surface area contributed by atoms with E-state index in [1.54, 1.807) is 13.3 Å². The molecule has 0 aliphatic heterocycles. The maximum absolute atomic E-state index is 13.3. The van der Waals surface area contributed by atoms with Crippen LogP contribution in [0.15, 0.2) is 10.7 Å². The van der Waals surface area contributed by atoms with E-state index in [2.05, 4.69) is 17.2 Å². The van der Waals surface area contributed by atoms with Crippen LogP contribution in [-0.4, -0.2) is 40.6 Å². The third-order valence-corrected chi connectivity index (χ3v) is 6.68. The Morgan fingerprint density at radius 3 is 2.67 bits per heavy atom. The van der Waals surface area contributed by atoms with Crippen molar-refractivity contribution in [2.75, 3.05) is 13.9 Å². The van der Waals surface area contributed by atoms with E-state index in [0.29, 0.717) is 17.7 Å². The van der Waals surface area contributed by atoms with Gasteiger partial charge >= 0.3 is 6.18 Å². The predicted molar refractivity (Wildman–Crippen MR) is 103 cm³/mol. The van der Waals surface area contributed by atoms with Gasteiger partial charge in [0.05, 0.1) is 40.7 Å². The molecule has 6 nitrogen and oxygen atoms in total. The van der Waals surface area contributed by atoms with E-state index < -0.39 is 12.1 Å². The second kappa shape index (κ2) is 7.67. The maximum atomic E-state index is 13.3. The Kier molecular flexibility index (Phi) is 5.47. The molecule has 0 aromatic carbocycles. The van der Waals surface area contributed by atoms with Crippen LogP contribution in [0.25, 0.3) is 11.3 Å². The average Bonchev–Trinajstić information content (AvgIpc) is 3.30. The Hall–Kier alpha value is -1.87. The molecule has 1 saturated carbocycles. The highest BCUT2D eigenvalue weighted by Gasteiger charge is 2.44. The number of fused-ring (bicyclic) bond motifs is 3. The number of nitrogens with zero attached hydrogens (tertiary/aromatic N) is 3. The van der Waals surface area contributed by atoms with Crippen LogP contribution in [0.3, 0.4) is 0 Å². The first-order valence-electron chi connectivity index (χ1n) is 10.4. The summed E-state index contributed by atoms with van der Waals surface area (Å²) in [7, 11) is 1.62. The molecule has 0 saturated heterocycles. The van der Waals surface area contributed by atoms with Gasteiger partial charge in [-0.15, -0.1) is 0 Å². The number of halogens is 3. The molecule has 0 radical (unpaired) electrons. The van der Waals surface area contributed by atoms with Crippen molar-refractivity contribution in [1.29, 1.82) is 0 Å². The lowest BCUT2D eigenvalue weighted by Crippen LogP contribution is -2.36. The smallest absolute Gasteiger partial charge is 0.359 e. The van der Waals surface area contributed by atoms with Gasteiger partial charge in [0.15, 0.2) is 5.76 Å². The van der Waals surface area contributed by atoms with Gasteiger partial charge in [0.2, 0.25) is 0 Å². The van der Waals surface area contributed by atoms with Crippen molar-refractivity contribution in [1.82, 2.24) is 14.9 Å². The molecule has 30 heavy (non-hydrogen) atoms. The highest BCUT2D eigenvalue weighted by molar-refractivity contribution is 5.68. The lowest BCUT2D eigenvalue weighted by Gasteiger charge is -2.37. The third-order valence-electron chi connectivity index (χ3n) is 6.68. The summed E-state index contributed by atoms with van der Waals surface area (Å²) in [6, 6.07) is 0.234. The molecule has 2 heterocycles. The highest BCUT2D eigenvalue weighted by atomic mass is 19.4. The fraction of sp³-hybridized carbons (Fsp3) is 0.714. The Morgan fingerprint density at radius 1 is 1.33 bits per heavy atom. The molecule has 0 unspecified atom stereocenters. The molecule has 1 fully saturated rings. The first-order valence-corrected chi connectivity index (χ1v) is 10.4. The van der Waals surface area contributed by atoms with Crippen LogP contribution < -0.4 is 0 Å². The van der Waals surface area contributed by atoms with E-state index in [1.165, 1.54) is 0 Å². The zero-order chi connectivity index (χ0) is 21.7. The lowest BCUT2D eigenvalue weighted by molar-refractivity contribution is -0.147. The molecule has 2 aromatic heterocycles. The summed E-state index contributed by atoms with van der Waals surface area (Å²) in [6.45, 7) is 5.45. The monoisotopic (exact) mass is 427 g/mol. The van der Waals surface area contributed by atoms with Crippen molar-refractivity contribution in [2.45, 2.75) is 82.5 Å². The fourth-order valence-electron chi connectivity index (χ4n) is 4.74. The standard InChI is InChI=1S/C21H28F3N3O3/c1-12-9-16-15(19-17(12)18(26-30-19)13(2)21(22,23)24)10-25-27(16)14-5-7-20(3,8-6-14)29-11-28-4/h10,12-14H,5-9,11H2,1-4H3/t12-,13+,14?,20?/m0/s1. The third kappa shape index (κ3) is 3.66. The van der Waals surface area contributed by atoms with Crippen molar-refractivity contribution in [3.05, 3.63) is 23.1 Å². The molecule has 166 valence electrons. The molecule has 0 spiro atoms. The van der Waals surface area contributed by atoms with Gasteiger partial charge in [-0.2, -0.15) is 18.3 Å². The van der Waals surface area contributed by atoms with E-state index in [0.717, 1.165) is 43.9 Å². The molecule has 2 aliphatic rings. The van der Waals surface area contributed by atoms with Crippen molar-refractivity contribution in [3.63, 3.8) is 0 Å². The summed E-state index contributed by atoms with van der Waals surface area (Å²) >= 11 is 0. The molecular formula is C21H28F3N3O3. The number of methoxy groups -OCH3 is 1. The number of aromatic nitrogens is 3. The quantitative estimate of drug-likeness (QED) is 0.602. The first kappa shape index (κ1) is 21.4. The minimum atomic E-state index is -4.35. The van der Waals surface area contributed by atoms with Crippen molar-refractivity contribution in [3.8, 4) is 11.3 Å². The fourth-order valence-corrected chi connectivity index (χ4v) is 4.74. The van der Waals surface area contributed by atoms with Crippen LogP contribution in [0.4, 0.5) is 13.2 Å². The number of hydrogen-bond donors (Lipinski definition) is 0. The summed E-state index contributed by atoms with van der Waals surface area (Å²) in [5.74, 6) is -1.34. The lowest BCUT2D eigenvalue weighted by atomic mass is 9.81. The van der Waals surface area contributed by atoms with E-state index >= 15 is 0 Å². The second-order valence-corrected chi connectivity index (χ2v) is 8.86. The molecule has 0 amide bonds. The van der Waals surface area contributed by atoms with Crippen LogP contribution in [-0.2, 0) is 15.9 Å². The summed E-state index contributed by atoms with van der Waals surface area (Å²) in [6.07, 6.45) is 1.61. The van der Waals surface area contributed by atoms with E-state index in [-0.39, 0.29) is 30.0 Å². The maximum Gasteiger partial charge on any atom is 0.397 e. The highest BCUT2D eigenvalue weighted by Crippen LogP contribution is 2.47. The van der Waals surface area contributed by atoms with Gasteiger partial charge in [0, 0.05) is 12.7 Å². The molecular weight excluding hydrogens is 399 g/mol. The van der Waals surface area contributed by atoms with Gasteiger partial charge in [-0.05, 0) is 51.9 Å². The number of hydrogen-bond acceptors (Lipinski definition) is 5. The first-order chi connectivity index (χ1) is 14.1.